The first-order valence-corrected chi connectivity index (χ1v) is 10.3. The zero-order valence-electron chi connectivity index (χ0n) is 15.4. The Morgan fingerprint density at radius 1 is 1.14 bits per heavy atom. The molecular formula is C19H21N3O5S. The monoisotopic (exact) mass is 403 g/mol. The van der Waals surface area contributed by atoms with Gasteiger partial charge in [-0.15, -0.1) is 0 Å². The minimum Gasteiger partial charge on any atom is -0.349 e. The minimum absolute atomic E-state index is 0.0281. The quantitative estimate of drug-likeness (QED) is 0.609. The van der Waals surface area contributed by atoms with Crippen molar-refractivity contribution in [1.82, 2.24) is 9.62 Å². The van der Waals surface area contributed by atoms with Crippen LogP contribution in [0.5, 0.6) is 0 Å². The second-order valence-corrected chi connectivity index (χ2v) is 8.71. The van der Waals surface area contributed by atoms with E-state index in [0.717, 1.165) is 5.56 Å². The second kappa shape index (κ2) is 8.07. The summed E-state index contributed by atoms with van der Waals surface area (Å²) in [6.07, 6.45) is 1.01. The van der Waals surface area contributed by atoms with Crippen molar-refractivity contribution in [2.75, 3.05) is 13.1 Å². The van der Waals surface area contributed by atoms with Crippen molar-refractivity contribution in [2.45, 2.75) is 30.7 Å². The number of aryl methyl sites for hydroxylation is 1. The summed E-state index contributed by atoms with van der Waals surface area (Å²) < 4.78 is 26.8. The van der Waals surface area contributed by atoms with Gasteiger partial charge >= 0.3 is 0 Å². The van der Waals surface area contributed by atoms with Crippen LogP contribution in [0.25, 0.3) is 0 Å². The lowest BCUT2D eigenvalue weighted by Crippen LogP contribution is -2.46. The molecule has 8 nitrogen and oxygen atoms in total. The summed E-state index contributed by atoms with van der Waals surface area (Å²) in [5.74, 6) is -0.166. The van der Waals surface area contributed by atoms with Crippen molar-refractivity contribution in [3.8, 4) is 0 Å². The number of non-ortho nitro benzene ring substituents is 1. The number of nitrogens with one attached hydrogen (secondary N) is 1. The van der Waals surface area contributed by atoms with Crippen LogP contribution >= 0.6 is 0 Å². The number of carbonyl (C=O) groups excluding carboxylic acids is 1. The number of piperidine rings is 1. The molecule has 9 heteroatoms. The molecule has 1 saturated heterocycles. The number of hydrogen-bond acceptors (Lipinski definition) is 5. The first kappa shape index (κ1) is 20.0. The van der Waals surface area contributed by atoms with E-state index < -0.39 is 14.9 Å². The van der Waals surface area contributed by atoms with Gasteiger partial charge in [-0.25, -0.2) is 8.42 Å². The minimum atomic E-state index is -3.72. The predicted molar refractivity (Wildman–Crippen MR) is 104 cm³/mol. The highest BCUT2D eigenvalue weighted by molar-refractivity contribution is 7.89. The van der Waals surface area contributed by atoms with Gasteiger partial charge in [0, 0.05) is 36.8 Å². The number of hydrogen-bond donors (Lipinski definition) is 1. The van der Waals surface area contributed by atoms with E-state index in [1.807, 2.05) is 25.1 Å². The Balaban J connectivity index is 1.61. The molecule has 1 heterocycles. The first-order valence-electron chi connectivity index (χ1n) is 8.89. The van der Waals surface area contributed by atoms with Crippen LogP contribution in [-0.2, 0) is 10.0 Å². The number of rotatable bonds is 5. The molecule has 2 aromatic rings. The zero-order valence-corrected chi connectivity index (χ0v) is 16.2. The van der Waals surface area contributed by atoms with Crippen molar-refractivity contribution in [3.05, 3.63) is 69.8 Å². The fourth-order valence-corrected chi connectivity index (χ4v) is 4.65. The van der Waals surface area contributed by atoms with Crippen LogP contribution in [0.3, 0.4) is 0 Å². The van der Waals surface area contributed by atoms with Gasteiger partial charge in [0.15, 0.2) is 0 Å². The average Bonchev–Trinajstić information content (AvgIpc) is 2.68. The van der Waals surface area contributed by atoms with Gasteiger partial charge in [0.2, 0.25) is 10.0 Å². The Kier molecular flexibility index (Phi) is 5.76. The van der Waals surface area contributed by atoms with Crippen molar-refractivity contribution in [3.63, 3.8) is 0 Å². The van der Waals surface area contributed by atoms with E-state index in [0.29, 0.717) is 18.4 Å². The Morgan fingerprint density at radius 3 is 2.36 bits per heavy atom. The SMILES string of the molecule is Cc1cccc(C(=O)NC2CCN(S(=O)(=O)c3ccc([N+](=O)[O-])cc3)CC2)c1. The van der Waals surface area contributed by atoms with E-state index in [1.165, 1.54) is 28.6 Å². The molecule has 3 rings (SSSR count). The zero-order chi connectivity index (χ0) is 20.3. The molecule has 0 saturated carbocycles. The van der Waals surface area contributed by atoms with Gasteiger partial charge in [-0.1, -0.05) is 17.7 Å². The van der Waals surface area contributed by atoms with Crippen molar-refractivity contribution in [1.29, 1.82) is 0 Å². The fourth-order valence-electron chi connectivity index (χ4n) is 3.18. The molecule has 1 aliphatic heterocycles. The third-order valence-electron chi connectivity index (χ3n) is 4.75. The maximum Gasteiger partial charge on any atom is 0.269 e. The topological polar surface area (TPSA) is 110 Å². The number of nitro groups is 1. The molecule has 0 aromatic heterocycles. The predicted octanol–water partition coefficient (Wildman–Crippen LogP) is 2.49. The molecular weight excluding hydrogens is 382 g/mol. The number of sulfonamides is 1. The third kappa shape index (κ3) is 4.37. The summed E-state index contributed by atoms with van der Waals surface area (Å²) in [5.41, 5.74) is 1.43. The summed E-state index contributed by atoms with van der Waals surface area (Å²) >= 11 is 0. The van der Waals surface area contributed by atoms with Crippen molar-refractivity contribution in [2.24, 2.45) is 0 Å². The largest absolute Gasteiger partial charge is 0.349 e. The number of carbonyl (C=O) groups is 1. The first-order chi connectivity index (χ1) is 13.3. The van der Waals surface area contributed by atoms with Gasteiger partial charge in [0.05, 0.1) is 9.82 Å². The molecule has 0 bridgehead atoms. The van der Waals surface area contributed by atoms with E-state index in [4.69, 9.17) is 0 Å². The maximum absolute atomic E-state index is 12.7. The molecule has 1 N–H and O–H groups in total. The average molecular weight is 403 g/mol. The van der Waals surface area contributed by atoms with Crippen LogP contribution in [0.1, 0.15) is 28.8 Å². The van der Waals surface area contributed by atoms with Crippen LogP contribution < -0.4 is 5.32 Å². The number of nitrogens with zero attached hydrogens (tertiary/aromatic N) is 2. The van der Waals surface area contributed by atoms with E-state index in [9.17, 15) is 23.3 Å². The van der Waals surface area contributed by atoms with Gasteiger partial charge in [-0.2, -0.15) is 4.31 Å². The summed E-state index contributed by atoms with van der Waals surface area (Å²) in [7, 11) is -3.72. The molecule has 1 fully saturated rings. The second-order valence-electron chi connectivity index (χ2n) is 6.77. The van der Waals surface area contributed by atoms with Gasteiger partial charge in [0.25, 0.3) is 11.6 Å². The molecule has 0 atom stereocenters. The van der Waals surface area contributed by atoms with Crippen LogP contribution in [0, 0.1) is 17.0 Å². The highest BCUT2D eigenvalue weighted by Gasteiger charge is 2.30. The lowest BCUT2D eigenvalue weighted by Gasteiger charge is -2.31. The Bertz CT molecular complexity index is 981. The molecule has 0 radical (unpaired) electrons. The lowest BCUT2D eigenvalue weighted by atomic mass is 10.1. The highest BCUT2D eigenvalue weighted by Crippen LogP contribution is 2.23. The number of benzene rings is 2. The highest BCUT2D eigenvalue weighted by atomic mass is 32.2. The van der Waals surface area contributed by atoms with E-state index in [-0.39, 0.29) is 35.6 Å². The van der Waals surface area contributed by atoms with Gasteiger partial charge in [-0.3, -0.25) is 14.9 Å². The molecule has 1 aliphatic rings. The normalized spacial score (nSPS) is 15.9. The lowest BCUT2D eigenvalue weighted by molar-refractivity contribution is -0.384. The Morgan fingerprint density at radius 2 is 1.79 bits per heavy atom. The van der Waals surface area contributed by atoms with E-state index in [1.54, 1.807) is 6.07 Å². The third-order valence-corrected chi connectivity index (χ3v) is 6.67. The van der Waals surface area contributed by atoms with Gasteiger partial charge in [0.1, 0.15) is 0 Å². The van der Waals surface area contributed by atoms with Crippen LogP contribution in [-0.4, -0.2) is 42.7 Å². The Labute approximate surface area is 163 Å². The molecule has 28 heavy (non-hydrogen) atoms. The molecule has 1 amide bonds. The number of amides is 1. The van der Waals surface area contributed by atoms with Crippen LogP contribution in [0.15, 0.2) is 53.4 Å². The number of nitro benzene ring substituents is 1. The summed E-state index contributed by atoms with van der Waals surface area (Å²) in [6.45, 7) is 2.47. The summed E-state index contributed by atoms with van der Waals surface area (Å²) in [6, 6.07) is 12.1. The summed E-state index contributed by atoms with van der Waals surface area (Å²) in [5, 5.41) is 13.7. The van der Waals surface area contributed by atoms with Gasteiger partial charge in [-0.05, 0) is 44.0 Å². The van der Waals surface area contributed by atoms with Crippen molar-refractivity contribution < 1.29 is 18.1 Å². The van der Waals surface area contributed by atoms with Crippen LogP contribution in [0.4, 0.5) is 5.69 Å². The van der Waals surface area contributed by atoms with Gasteiger partial charge < -0.3 is 5.32 Å². The van der Waals surface area contributed by atoms with Crippen molar-refractivity contribution >= 4 is 21.6 Å². The molecule has 0 spiro atoms. The van der Waals surface area contributed by atoms with E-state index in [2.05, 4.69) is 5.32 Å². The Hall–Kier alpha value is -2.78. The fraction of sp³-hybridized carbons (Fsp3) is 0.316. The standard InChI is InChI=1S/C19H21N3O5S/c1-14-3-2-4-15(13-14)19(23)20-16-9-11-21(12-10-16)28(26,27)18-7-5-17(6-8-18)22(24)25/h2-8,13,16H,9-12H2,1H3,(H,20,23). The molecule has 0 aliphatic carbocycles. The summed E-state index contributed by atoms with van der Waals surface area (Å²) in [4.78, 5) is 22.5. The smallest absolute Gasteiger partial charge is 0.269 e. The molecule has 148 valence electrons. The molecule has 0 unspecified atom stereocenters. The van der Waals surface area contributed by atoms with Crippen LogP contribution in [0.2, 0.25) is 0 Å². The maximum atomic E-state index is 12.7. The van der Waals surface area contributed by atoms with E-state index >= 15 is 0 Å². The molecule has 2 aromatic carbocycles.